The predicted molar refractivity (Wildman–Crippen MR) is 145 cm³/mol. The number of carbonyl (C=O) groups is 4. The predicted octanol–water partition coefficient (Wildman–Crippen LogP) is 1.02. The monoisotopic (exact) mass is 535 g/mol. The van der Waals surface area contributed by atoms with Gasteiger partial charge in [0.15, 0.2) is 0 Å². The molecule has 0 aliphatic heterocycles. The summed E-state index contributed by atoms with van der Waals surface area (Å²) in [7, 11) is 0. The van der Waals surface area contributed by atoms with E-state index >= 15 is 0 Å². The molecule has 1 aromatic rings. The SMILES string of the molecule is CC(C)CC(N)C(=O)NC(CCCCN)C(=O)NC(Cc1ccc(O)cc1)C(=O)NC(CC(C)C)C(=O)O. The topological polar surface area (TPSA) is 197 Å². The summed E-state index contributed by atoms with van der Waals surface area (Å²) in [5, 5.41) is 27.1. The van der Waals surface area contributed by atoms with Gasteiger partial charge in [0.1, 0.15) is 23.9 Å². The van der Waals surface area contributed by atoms with Gasteiger partial charge in [0.05, 0.1) is 6.04 Å². The molecule has 3 amide bonds. The van der Waals surface area contributed by atoms with E-state index < -0.39 is 47.9 Å². The van der Waals surface area contributed by atoms with Crippen LogP contribution in [0.5, 0.6) is 5.75 Å². The molecule has 214 valence electrons. The fourth-order valence-electron chi connectivity index (χ4n) is 3.97. The van der Waals surface area contributed by atoms with Gasteiger partial charge in [-0.3, -0.25) is 14.4 Å². The van der Waals surface area contributed by atoms with Crippen LogP contribution in [0.4, 0.5) is 0 Å². The van der Waals surface area contributed by atoms with Crippen molar-refractivity contribution < 1.29 is 29.4 Å². The molecule has 1 rings (SSSR count). The Labute approximate surface area is 225 Å². The first-order chi connectivity index (χ1) is 17.8. The average Bonchev–Trinajstić information content (AvgIpc) is 2.82. The lowest BCUT2D eigenvalue weighted by molar-refractivity contribution is -0.142. The van der Waals surface area contributed by atoms with E-state index in [1.807, 2.05) is 27.7 Å². The fourth-order valence-corrected chi connectivity index (χ4v) is 3.97. The van der Waals surface area contributed by atoms with Crippen LogP contribution in [0.25, 0.3) is 0 Å². The normalized spacial score (nSPS) is 14.4. The third-order valence-electron chi connectivity index (χ3n) is 5.97. The van der Waals surface area contributed by atoms with Crippen LogP contribution >= 0.6 is 0 Å². The molecule has 0 saturated carbocycles. The first kappa shape index (κ1) is 32.8. The van der Waals surface area contributed by atoms with E-state index in [1.165, 1.54) is 12.1 Å². The summed E-state index contributed by atoms with van der Waals surface area (Å²) >= 11 is 0. The number of hydrogen-bond acceptors (Lipinski definition) is 7. The molecule has 0 spiro atoms. The third-order valence-corrected chi connectivity index (χ3v) is 5.97. The highest BCUT2D eigenvalue weighted by molar-refractivity contribution is 5.94. The van der Waals surface area contributed by atoms with E-state index in [-0.39, 0.29) is 30.4 Å². The number of aliphatic carboxylic acids is 1. The molecule has 0 aliphatic carbocycles. The molecule has 0 radical (unpaired) electrons. The number of nitrogens with two attached hydrogens (primary N) is 2. The fraction of sp³-hybridized carbons (Fsp3) is 0.630. The van der Waals surface area contributed by atoms with Crippen molar-refractivity contribution in [2.75, 3.05) is 6.54 Å². The Morgan fingerprint density at radius 1 is 0.789 bits per heavy atom. The van der Waals surface area contributed by atoms with Gasteiger partial charge in [-0.15, -0.1) is 0 Å². The van der Waals surface area contributed by atoms with Gasteiger partial charge in [0.25, 0.3) is 0 Å². The number of nitrogens with one attached hydrogen (secondary N) is 3. The number of phenols is 1. The van der Waals surface area contributed by atoms with Gasteiger partial charge in [-0.25, -0.2) is 4.79 Å². The number of benzene rings is 1. The molecule has 4 unspecified atom stereocenters. The van der Waals surface area contributed by atoms with Crippen molar-refractivity contribution in [1.29, 1.82) is 0 Å². The van der Waals surface area contributed by atoms with Crippen LogP contribution in [0.15, 0.2) is 24.3 Å². The first-order valence-electron chi connectivity index (χ1n) is 13.2. The number of carboxylic acid groups (broad SMARTS) is 1. The maximum atomic E-state index is 13.3. The van der Waals surface area contributed by atoms with Crippen molar-refractivity contribution in [3.63, 3.8) is 0 Å². The Hall–Kier alpha value is -3.18. The van der Waals surface area contributed by atoms with Crippen LogP contribution in [0.2, 0.25) is 0 Å². The lowest BCUT2D eigenvalue weighted by atomic mass is 10.0. The molecule has 0 aliphatic rings. The van der Waals surface area contributed by atoms with E-state index in [2.05, 4.69) is 16.0 Å². The third kappa shape index (κ3) is 12.4. The second-order valence-electron chi connectivity index (χ2n) is 10.5. The molecule has 9 N–H and O–H groups in total. The number of carbonyl (C=O) groups excluding carboxylic acids is 3. The van der Waals surface area contributed by atoms with Gasteiger partial charge in [-0.2, -0.15) is 0 Å². The molecular formula is C27H45N5O6. The number of unbranched alkanes of at least 4 members (excludes halogenated alkanes) is 1. The Kier molecular flexibility index (Phi) is 14.4. The van der Waals surface area contributed by atoms with E-state index in [0.717, 1.165) is 0 Å². The molecule has 11 heteroatoms. The van der Waals surface area contributed by atoms with Gasteiger partial charge in [-0.1, -0.05) is 39.8 Å². The van der Waals surface area contributed by atoms with Gasteiger partial charge >= 0.3 is 5.97 Å². The molecule has 0 heterocycles. The highest BCUT2D eigenvalue weighted by Gasteiger charge is 2.30. The van der Waals surface area contributed by atoms with Crippen molar-refractivity contribution >= 4 is 23.7 Å². The molecule has 11 nitrogen and oxygen atoms in total. The van der Waals surface area contributed by atoms with Crippen molar-refractivity contribution in [2.24, 2.45) is 23.3 Å². The second kappa shape index (κ2) is 16.6. The van der Waals surface area contributed by atoms with Crippen LogP contribution in [0.3, 0.4) is 0 Å². The highest BCUT2D eigenvalue weighted by Crippen LogP contribution is 2.13. The van der Waals surface area contributed by atoms with Crippen LogP contribution in [0.1, 0.15) is 65.4 Å². The summed E-state index contributed by atoms with van der Waals surface area (Å²) in [6.07, 6.45) is 2.21. The van der Waals surface area contributed by atoms with Crippen LogP contribution in [0, 0.1) is 11.8 Å². The molecule has 0 aromatic heterocycles. The molecule has 0 fully saturated rings. The Bertz CT molecular complexity index is 906. The van der Waals surface area contributed by atoms with Crippen LogP contribution < -0.4 is 27.4 Å². The van der Waals surface area contributed by atoms with Gasteiger partial charge < -0.3 is 37.6 Å². The smallest absolute Gasteiger partial charge is 0.326 e. The van der Waals surface area contributed by atoms with Crippen LogP contribution in [-0.4, -0.2) is 64.6 Å². The maximum absolute atomic E-state index is 13.3. The standard InChI is InChI=1S/C27H45N5O6/c1-16(2)13-20(29)24(34)30-21(7-5-6-12-28)25(35)31-22(15-18-8-10-19(33)11-9-18)26(36)32-23(27(37)38)14-17(3)4/h8-11,16-17,20-23,33H,5-7,12-15,28-29H2,1-4H3,(H,30,34)(H,31,35)(H,32,36)(H,37,38). The summed E-state index contributed by atoms with van der Waals surface area (Å²) in [6.45, 7) is 7.99. The van der Waals surface area contributed by atoms with Gasteiger partial charge in [0, 0.05) is 6.42 Å². The van der Waals surface area contributed by atoms with Gasteiger partial charge in [0.2, 0.25) is 17.7 Å². The number of carboxylic acids is 1. The molecule has 38 heavy (non-hydrogen) atoms. The number of aromatic hydroxyl groups is 1. The molecule has 0 bridgehead atoms. The minimum absolute atomic E-state index is 0.0127. The van der Waals surface area contributed by atoms with Crippen molar-refractivity contribution in [2.45, 2.75) is 90.4 Å². The second-order valence-corrected chi connectivity index (χ2v) is 10.5. The van der Waals surface area contributed by atoms with E-state index in [4.69, 9.17) is 11.5 Å². The summed E-state index contributed by atoms with van der Waals surface area (Å²) in [4.78, 5) is 51.0. The van der Waals surface area contributed by atoms with Crippen molar-refractivity contribution in [3.8, 4) is 5.75 Å². The lowest BCUT2D eigenvalue weighted by Gasteiger charge is -2.26. The van der Waals surface area contributed by atoms with E-state index in [9.17, 15) is 29.4 Å². The Balaban J connectivity index is 3.15. The van der Waals surface area contributed by atoms with Gasteiger partial charge in [-0.05, 0) is 68.2 Å². The summed E-state index contributed by atoms with van der Waals surface area (Å²) in [5.41, 5.74) is 12.2. The summed E-state index contributed by atoms with van der Waals surface area (Å²) in [6, 6.07) is 2.13. The molecular weight excluding hydrogens is 490 g/mol. The van der Waals surface area contributed by atoms with Crippen molar-refractivity contribution in [3.05, 3.63) is 29.8 Å². The molecule has 0 saturated heterocycles. The largest absolute Gasteiger partial charge is 0.508 e. The molecule has 1 aromatic carbocycles. The molecule has 4 atom stereocenters. The maximum Gasteiger partial charge on any atom is 0.326 e. The Morgan fingerprint density at radius 2 is 1.32 bits per heavy atom. The number of rotatable bonds is 17. The van der Waals surface area contributed by atoms with Crippen molar-refractivity contribution in [1.82, 2.24) is 16.0 Å². The highest BCUT2D eigenvalue weighted by atomic mass is 16.4. The minimum atomic E-state index is -1.17. The lowest BCUT2D eigenvalue weighted by Crippen LogP contribution is -2.57. The average molecular weight is 536 g/mol. The quantitative estimate of drug-likeness (QED) is 0.143. The van der Waals surface area contributed by atoms with E-state index in [0.29, 0.717) is 37.8 Å². The zero-order chi connectivity index (χ0) is 28.8. The number of hydrogen-bond donors (Lipinski definition) is 7. The van der Waals surface area contributed by atoms with E-state index in [1.54, 1.807) is 12.1 Å². The summed E-state index contributed by atoms with van der Waals surface area (Å²) < 4.78 is 0. The zero-order valence-corrected chi connectivity index (χ0v) is 22.9. The first-order valence-corrected chi connectivity index (χ1v) is 13.2. The van der Waals surface area contributed by atoms with Crippen LogP contribution in [-0.2, 0) is 25.6 Å². The minimum Gasteiger partial charge on any atom is -0.508 e. The Morgan fingerprint density at radius 3 is 1.84 bits per heavy atom. The summed E-state index contributed by atoms with van der Waals surface area (Å²) in [5.74, 6) is -2.64. The number of amides is 3. The number of phenolic OH excluding ortho intramolecular Hbond substituents is 1. The zero-order valence-electron chi connectivity index (χ0n) is 22.9.